The number of piperidine rings is 1. The van der Waals surface area contributed by atoms with Crippen LogP contribution in [0.4, 0.5) is 4.39 Å². The quantitative estimate of drug-likeness (QED) is 0.337. The van der Waals surface area contributed by atoms with Gasteiger partial charge in [0.05, 0.1) is 17.4 Å². The van der Waals surface area contributed by atoms with Gasteiger partial charge < -0.3 is 4.74 Å². The van der Waals surface area contributed by atoms with Crippen LogP contribution in [-0.2, 0) is 19.6 Å². The number of esters is 1. The van der Waals surface area contributed by atoms with Crippen LogP contribution >= 0.6 is 0 Å². The molecule has 0 aliphatic carbocycles. The zero-order chi connectivity index (χ0) is 23.3. The molecule has 1 fully saturated rings. The summed E-state index contributed by atoms with van der Waals surface area (Å²) in [5.74, 6) is -1.24. The molecule has 0 aromatic heterocycles. The Balaban J connectivity index is 1.43. The highest BCUT2D eigenvalue weighted by Crippen LogP contribution is 2.26. The largest absolute Gasteiger partial charge is 0.465 e. The molecule has 172 valence electrons. The fourth-order valence-electron chi connectivity index (χ4n) is 3.66. The molecule has 0 radical (unpaired) electrons. The summed E-state index contributed by atoms with van der Waals surface area (Å²) in [6.07, 6.45) is 1.38. The molecule has 0 amide bonds. The first-order valence-electron chi connectivity index (χ1n) is 10.7. The summed E-state index contributed by atoms with van der Waals surface area (Å²) in [6.45, 7) is 4.45. The normalized spacial score (nSPS) is 15.5. The maximum atomic E-state index is 12.9. The second-order valence-corrected chi connectivity index (χ2v) is 10.1. The lowest BCUT2D eigenvalue weighted by Crippen LogP contribution is -2.40. The zero-order valence-corrected chi connectivity index (χ0v) is 19.2. The highest BCUT2D eigenvalue weighted by atomic mass is 32.2. The molecule has 3 rings (SSSR count). The third kappa shape index (κ3) is 5.81. The van der Waals surface area contributed by atoms with Crippen LogP contribution in [0.15, 0.2) is 47.4 Å². The van der Waals surface area contributed by atoms with Crippen molar-refractivity contribution in [3.63, 3.8) is 0 Å². The maximum absolute atomic E-state index is 12.9. The third-order valence-electron chi connectivity index (χ3n) is 5.86. The lowest BCUT2D eigenvalue weighted by Gasteiger charge is -2.30. The third-order valence-corrected chi connectivity index (χ3v) is 7.76. The van der Waals surface area contributed by atoms with E-state index in [-0.39, 0.29) is 48.7 Å². The van der Waals surface area contributed by atoms with E-state index >= 15 is 0 Å². The molecule has 0 bridgehead atoms. The van der Waals surface area contributed by atoms with E-state index in [0.717, 1.165) is 11.1 Å². The summed E-state index contributed by atoms with van der Waals surface area (Å²) in [5, 5.41) is 0. The summed E-state index contributed by atoms with van der Waals surface area (Å²) < 4.78 is 45.4. The Hall–Kier alpha value is -2.58. The Morgan fingerprint density at radius 3 is 2.31 bits per heavy atom. The summed E-state index contributed by atoms with van der Waals surface area (Å²) in [7, 11) is -3.59. The predicted octanol–water partition coefficient (Wildman–Crippen LogP) is 4.05. The summed E-state index contributed by atoms with van der Waals surface area (Å²) in [6, 6.07) is 10.4. The molecular weight excluding hydrogens is 433 g/mol. The van der Waals surface area contributed by atoms with E-state index in [0.29, 0.717) is 24.8 Å². The van der Waals surface area contributed by atoms with Gasteiger partial charge in [0.25, 0.3) is 0 Å². The fourth-order valence-corrected chi connectivity index (χ4v) is 5.21. The molecule has 1 saturated heterocycles. The van der Waals surface area contributed by atoms with E-state index in [2.05, 4.69) is 0 Å². The lowest BCUT2D eigenvalue weighted by atomic mass is 9.98. The van der Waals surface area contributed by atoms with E-state index in [1.54, 1.807) is 18.2 Å². The van der Waals surface area contributed by atoms with Crippen molar-refractivity contribution in [2.45, 2.75) is 44.4 Å². The number of aryl methyl sites for hydroxylation is 2. The van der Waals surface area contributed by atoms with Gasteiger partial charge in [0, 0.05) is 25.1 Å². The van der Waals surface area contributed by atoms with Crippen molar-refractivity contribution < 1.29 is 27.1 Å². The van der Waals surface area contributed by atoms with E-state index in [1.165, 1.54) is 28.6 Å². The van der Waals surface area contributed by atoms with Crippen LogP contribution in [0.2, 0.25) is 0 Å². The molecule has 0 unspecified atom stereocenters. The molecule has 2 aromatic rings. The first kappa shape index (κ1) is 24.1. The van der Waals surface area contributed by atoms with Crippen molar-refractivity contribution in [1.82, 2.24) is 4.31 Å². The van der Waals surface area contributed by atoms with Crippen LogP contribution in [0.1, 0.15) is 47.2 Å². The molecule has 0 N–H and O–H groups in total. The molecule has 32 heavy (non-hydrogen) atoms. The van der Waals surface area contributed by atoms with Gasteiger partial charge in [-0.15, -0.1) is 0 Å². The fraction of sp³-hybridized carbons (Fsp3) is 0.417. The molecule has 1 aliphatic rings. The van der Waals surface area contributed by atoms with Gasteiger partial charge in [-0.25, -0.2) is 12.8 Å². The minimum Gasteiger partial charge on any atom is -0.465 e. The van der Waals surface area contributed by atoms with Crippen molar-refractivity contribution in [2.24, 2.45) is 5.92 Å². The maximum Gasteiger partial charge on any atom is 0.309 e. The number of sulfonamides is 1. The van der Waals surface area contributed by atoms with Crippen molar-refractivity contribution >= 4 is 21.8 Å². The van der Waals surface area contributed by atoms with Crippen molar-refractivity contribution in [2.75, 3.05) is 19.7 Å². The lowest BCUT2D eigenvalue weighted by molar-refractivity contribution is -0.149. The van der Waals surface area contributed by atoms with Gasteiger partial charge in [-0.3, -0.25) is 9.59 Å². The van der Waals surface area contributed by atoms with Gasteiger partial charge in [0.1, 0.15) is 5.82 Å². The molecule has 1 aliphatic heterocycles. The van der Waals surface area contributed by atoms with E-state index < -0.39 is 15.8 Å². The number of benzene rings is 2. The Bertz CT molecular complexity index is 1070. The number of ketones is 1. The SMILES string of the molecule is Cc1ccc(S(=O)(=O)N2CCC(C(=O)OCCCC(=O)c3ccc(F)cc3)CC2)cc1C. The number of Topliss-reactive ketones (excluding diaryl/α,β-unsaturated/α-hetero) is 1. The van der Waals surface area contributed by atoms with Crippen LogP contribution in [-0.4, -0.2) is 44.2 Å². The van der Waals surface area contributed by atoms with Gasteiger partial charge >= 0.3 is 5.97 Å². The number of nitrogens with zero attached hydrogens (tertiary/aromatic N) is 1. The Morgan fingerprint density at radius 1 is 1.03 bits per heavy atom. The second kappa shape index (κ2) is 10.4. The van der Waals surface area contributed by atoms with E-state index in [4.69, 9.17) is 4.74 Å². The van der Waals surface area contributed by atoms with Crippen LogP contribution in [0.25, 0.3) is 0 Å². The minimum absolute atomic E-state index is 0.118. The monoisotopic (exact) mass is 461 g/mol. The summed E-state index contributed by atoms with van der Waals surface area (Å²) in [4.78, 5) is 24.7. The number of hydrogen-bond donors (Lipinski definition) is 0. The van der Waals surface area contributed by atoms with Gasteiger partial charge in [-0.1, -0.05) is 6.07 Å². The molecule has 0 saturated carbocycles. The minimum atomic E-state index is -3.59. The molecular formula is C24H28FNO5S. The number of halogens is 1. The van der Waals surface area contributed by atoms with Crippen LogP contribution in [0, 0.1) is 25.6 Å². The van der Waals surface area contributed by atoms with Crippen LogP contribution < -0.4 is 0 Å². The number of hydrogen-bond acceptors (Lipinski definition) is 5. The topological polar surface area (TPSA) is 80.8 Å². The van der Waals surface area contributed by atoms with Crippen molar-refractivity contribution in [3.05, 3.63) is 65.0 Å². The van der Waals surface area contributed by atoms with Crippen molar-refractivity contribution in [1.29, 1.82) is 0 Å². The highest BCUT2D eigenvalue weighted by Gasteiger charge is 2.32. The smallest absolute Gasteiger partial charge is 0.309 e. The molecule has 0 atom stereocenters. The van der Waals surface area contributed by atoms with Gasteiger partial charge in [0.2, 0.25) is 10.0 Å². The number of ether oxygens (including phenoxy) is 1. The average Bonchev–Trinajstić information content (AvgIpc) is 2.78. The van der Waals surface area contributed by atoms with E-state index in [1.807, 2.05) is 13.8 Å². The second-order valence-electron chi connectivity index (χ2n) is 8.13. The Labute approximate surface area is 188 Å². The van der Waals surface area contributed by atoms with Crippen LogP contribution in [0.3, 0.4) is 0 Å². The zero-order valence-electron chi connectivity index (χ0n) is 18.3. The average molecular weight is 462 g/mol. The number of rotatable bonds is 8. The first-order chi connectivity index (χ1) is 15.2. The number of carbonyl (C=O) groups is 2. The Morgan fingerprint density at radius 2 is 1.69 bits per heavy atom. The van der Waals surface area contributed by atoms with Gasteiger partial charge in [-0.2, -0.15) is 4.31 Å². The van der Waals surface area contributed by atoms with Gasteiger partial charge in [-0.05, 0) is 80.6 Å². The molecule has 8 heteroatoms. The summed E-state index contributed by atoms with van der Waals surface area (Å²) in [5.41, 5.74) is 2.38. The first-order valence-corrected chi connectivity index (χ1v) is 12.2. The van der Waals surface area contributed by atoms with Gasteiger partial charge in [0.15, 0.2) is 5.78 Å². The standard InChI is InChI=1S/C24H28FNO5S/c1-17-5-10-22(16-18(17)2)32(29,30)26-13-11-20(12-14-26)24(28)31-15-3-4-23(27)19-6-8-21(25)9-7-19/h5-10,16,20H,3-4,11-15H2,1-2H3. The Kier molecular flexibility index (Phi) is 7.79. The summed E-state index contributed by atoms with van der Waals surface area (Å²) >= 11 is 0. The molecule has 6 nitrogen and oxygen atoms in total. The van der Waals surface area contributed by atoms with E-state index in [9.17, 15) is 22.4 Å². The highest BCUT2D eigenvalue weighted by molar-refractivity contribution is 7.89. The number of carbonyl (C=O) groups excluding carboxylic acids is 2. The predicted molar refractivity (Wildman–Crippen MR) is 118 cm³/mol. The van der Waals surface area contributed by atoms with Crippen molar-refractivity contribution in [3.8, 4) is 0 Å². The molecule has 1 heterocycles. The molecule has 2 aromatic carbocycles. The van der Waals surface area contributed by atoms with Crippen LogP contribution in [0.5, 0.6) is 0 Å². The molecule has 0 spiro atoms.